The highest BCUT2D eigenvalue weighted by atomic mass is 35.5. The Morgan fingerprint density at radius 3 is 2.45 bits per heavy atom. The summed E-state index contributed by atoms with van der Waals surface area (Å²) in [5, 5.41) is 2.74. The number of nitrogens with zero attached hydrogens (tertiary/aromatic N) is 1. The van der Waals surface area contributed by atoms with Crippen LogP contribution in [0.25, 0.3) is 0 Å². The zero-order valence-electron chi connectivity index (χ0n) is 13.0. The van der Waals surface area contributed by atoms with Gasteiger partial charge in [-0.15, -0.1) is 12.4 Å². The predicted molar refractivity (Wildman–Crippen MR) is 88.9 cm³/mol. The number of rotatable bonds is 4. The average Bonchev–Trinajstić information content (AvgIpc) is 2.86. The van der Waals surface area contributed by atoms with Crippen molar-refractivity contribution in [3.63, 3.8) is 0 Å². The van der Waals surface area contributed by atoms with Crippen LogP contribution in [0.4, 0.5) is 0 Å². The van der Waals surface area contributed by atoms with Crippen LogP contribution in [0.2, 0.25) is 0 Å². The van der Waals surface area contributed by atoms with E-state index in [0.717, 1.165) is 18.5 Å². The number of carbonyl (C=O) groups is 2. The van der Waals surface area contributed by atoms with E-state index < -0.39 is 0 Å². The van der Waals surface area contributed by atoms with Crippen molar-refractivity contribution in [1.29, 1.82) is 0 Å². The van der Waals surface area contributed by atoms with Crippen molar-refractivity contribution in [1.82, 2.24) is 10.2 Å². The van der Waals surface area contributed by atoms with Gasteiger partial charge in [0.25, 0.3) is 5.91 Å². The topological polar surface area (TPSA) is 75.4 Å². The summed E-state index contributed by atoms with van der Waals surface area (Å²) in [5.41, 5.74) is 7.37. The molecule has 1 aromatic rings. The zero-order chi connectivity index (χ0) is 15.4. The van der Waals surface area contributed by atoms with Crippen LogP contribution in [-0.4, -0.2) is 35.8 Å². The normalized spacial score (nSPS) is 20.4. The number of nitrogens with one attached hydrogen (secondary N) is 1. The van der Waals surface area contributed by atoms with E-state index in [0.29, 0.717) is 24.6 Å². The molecule has 0 spiro atoms. The SMILES string of the molecule is CC(=O)NCc1ccc(C(=O)N2CC(CN)CC2C)cc1.Cl. The van der Waals surface area contributed by atoms with Crippen LogP contribution in [-0.2, 0) is 11.3 Å². The molecular weight excluding hydrogens is 302 g/mol. The van der Waals surface area contributed by atoms with Crippen LogP contribution in [0.15, 0.2) is 24.3 Å². The summed E-state index contributed by atoms with van der Waals surface area (Å²) in [6.45, 7) is 5.41. The quantitative estimate of drug-likeness (QED) is 0.882. The van der Waals surface area contributed by atoms with Gasteiger partial charge in [-0.1, -0.05) is 12.1 Å². The van der Waals surface area contributed by atoms with Gasteiger partial charge < -0.3 is 16.0 Å². The average molecular weight is 326 g/mol. The minimum absolute atomic E-state index is 0. The molecule has 122 valence electrons. The van der Waals surface area contributed by atoms with Gasteiger partial charge in [0.05, 0.1) is 0 Å². The Balaban J connectivity index is 0.00000242. The van der Waals surface area contributed by atoms with E-state index in [-0.39, 0.29) is 30.3 Å². The van der Waals surface area contributed by atoms with Gasteiger partial charge in [-0.3, -0.25) is 9.59 Å². The largest absolute Gasteiger partial charge is 0.352 e. The third-order valence-electron chi connectivity index (χ3n) is 4.00. The summed E-state index contributed by atoms with van der Waals surface area (Å²) < 4.78 is 0. The van der Waals surface area contributed by atoms with Gasteiger partial charge in [0.15, 0.2) is 0 Å². The molecule has 2 unspecified atom stereocenters. The van der Waals surface area contributed by atoms with Crippen LogP contribution in [0.1, 0.15) is 36.2 Å². The van der Waals surface area contributed by atoms with Crippen LogP contribution in [0.5, 0.6) is 0 Å². The summed E-state index contributed by atoms with van der Waals surface area (Å²) in [6, 6.07) is 7.64. The standard InChI is InChI=1S/C16H23N3O2.ClH/c1-11-7-14(8-17)10-19(11)16(21)15-5-3-13(4-6-15)9-18-12(2)20;/h3-6,11,14H,7-10,17H2,1-2H3,(H,18,20);1H. The monoisotopic (exact) mass is 325 g/mol. The number of halogens is 1. The molecule has 0 radical (unpaired) electrons. The minimum Gasteiger partial charge on any atom is -0.352 e. The Morgan fingerprint density at radius 2 is 1.95 bits per heavy atom. The molecular formula is C16H24ClN3O2. The number of hydrogen-bond acceptors (Lipinski definition) is 3. The lowest BCUT2D eigenvalue weighted by Gasteiger charge is -2.21. The highest BCUT2D eigenvalue weighted by Gasteiger charge is 2.31. The number of amides is 2. The van der Waals surface area contributed by atoms with E-state index in [1.807, 2.05) is 29.2 Å². The second-order valence-corrected chi connectivity index (χ2v) is 5.75. The molecule has 0 saturated carbocycles. The summed E-state index contributed by atoms with van der Waals surface area (Å²) in [6.07, 6.45) is 0.975. The molecule has 5 nitrogen and oxygen atoms in total. The number of hydrogen-bond donors (Lipinski definition) is 2. The molecule has 0 aliphatic carbocycles. The van der Waals surface area contributed by atoms with E-state index in [1.54, 1.807) is 0 Å². The molecule has 1 heterocycles. The van der Waals surface area contributed by atoms with Crippen molar-refractivity contribution in [2.24, 2.45) is 11.7 Å². The molecule has 22 heavy (non-hydrogen) atoms. The number of likely N-dealkylation sites (tertiary alicyclic amines) is 1. The highest BCUT2D eigenvalue weighted by molar-refractivity contribution is 5.94. The first-order chi connectivity index (χ1) is 10.0. The molecule has 2 rings (SSSR count). The van der Waals surface area contributed by atoms with Crippen molar-refractivity contribution in [3.8, 4) is 0 Å². The van der Waals surface area contributed by atoms with Gasteiger partial charge >= 0.3 is 0 Å². The Hall–Kier alpha value is -1.59. The van der Waals surface area contributed by atoms with E-state index in [1.165, 1.54) is 6.92 Å². The summed E-state index contributed by atoms with van der Waals surface area (Å²) in [7, 11) is 0. The van der Waals surface area contributed by atoms with Gasteiger partial charge in [-0.2, -0.15) is 0 Å². The molecule has 6 heteroatoms. The van der Waals surface area contributed by atoms with Crippen LogP contribution in [0, 0.1) is 5.92 Å². The third kappa shape index (κ3) is 4.45. The fourth-order valence-corrected chi connectivity index (χ4v) is 2.75. The zero-order valence-corrected chi connectivity index (χ0v) is 13.9. The molecule has 1 saturated heterocycles. The second-order valence-electron chi connectivity index (χ2n) is 5.75. The Kier molecular flexibility index (Phi) is 6.84. The van der Waals surface area contributed by atoms with Gasteiger partial charge in [0.1, 0.15) is 0 Å². The van der Waals surface area contributed by atoms with Crippen molar-refractivity contribution >= 4 is 24.2 Å². The smallest absolute Gasteiger partial charge is 0.254 e. The maximum Gasteiger partial charge on any atom is 0.254 e. The lowest BCUT2D eigenvalue weighted by molar-refractivity contribution is -0.119. The number of carbonyl (C=O) groups excluding carboxylic acids is 2. The first-order valence-electron chi connectivity index (χ1n) is 7.35. The van der Waals surface area contributed by atoms with Crippen LogP contribution in [0.3, 0.4) is 0 Å². The number of benzene rings is 1. The Bertz CT molecular complexity index is 519. The van der Waals surface area contributed by atoms with Gasteiger partial charge in [0, 0.05) is 31.6 Å². The van der Waals surface area contributed by atoms with E-state index in [9.17, 15) is 9.59 Å². The summed E-state index contributed by atoms with van der Waals surface area (Å²) in [4.78, 5) is 25.3. The lowest BCUT2D eigenvalue weighted by atomic mass is 10.1. The maximum atomic E-state index is 12.5. The molecule has 3 N–H and O–H groups in total. The highest BCUT2D eigenvalue weighted by Crippen LogP contribution is 2.24. The minimum atomic E-state index is -0.0612. The second kappa shape index (κ2) is 8.15. The van der Waals surface area contributed by atoms with Gasteiger partial charge in [-0.05, 0) is 43.5 Å². The fourth-order valence-electron chi connectivity index (χ4n) is 2.75. The molecule has 1 aliphatic heterocycles. The summed E-state index contributed by atoms with van der Waals surface area (Å²) in [5.74, 6) is 0.404. The fraction of sp³-hybridized carbons (Fsp3) is 0.500. The third-order valence-corrected chi connectivity index (χ3v) is 4.00. The first kappa shape index (κ1) is 18.5. The number of nitrogens with two attached hydrogens (primary N) is 1. The van der Waals surface area contributed by atoms with Gasteiger partial charge in [0.2, 0.25) is 5.91 Å². The molecule has 0 aromatic heterocycles. The van der Waals surface area contributed by atoms with Gasteiger partial charge in [-0.25, -0.2) is 0 Å². The predicted octanol–water partition coefficient (Wildman–Crippen LogP) is 1.55. The molecule has 1 aliphatic rings. The Labute approximate surface area is 137 Å². The van der Waals surface area contributed by atoms with Crippen molar-refractivity contribution in [3.05, 3.63) is 35.4 Å². The van der Waals surface area contributed by atoms with Crippen LogP contribution < -0.4 is 11.1 Å². The van der Waals surface area contributed by atoms with E-state index >= 15 is 0 Å². The maximum absolute atomic E-state index is 12.5. The molecule has 1 fully saturated rings. The molecule has 0 bridgehead atoms. The summed E-state index contributed by atoms with van der Waals surface area (Å²) >= 11 is 0. The van der Waals surface area contributed by atoms with Crippen molar-refractivity contribution < 1.29 is 9.59 Å². The molecule has 1 aromatic carbocycles. The van der Waals surface area contributed by atoms with Crippen molar-refractivity contribution in [2.75, 3.05) is 13.1 Å². The Morgan fingerprint density at radius 1 is 1.32 bits per heavy atom. The van der Waals surface area contributed by atoms with Crippen molar-refractivity contribution in [2.45, 2.75) is 32.9 Å². The van der Waals surface area contributed by atoms with E-state index in [2.05, 4.69) is 12.2 Å². The van der Waals surface area contributed by atoms with E-state index in [4.69, 9.17) is 5.73 Å². The first-order valence-corrected chi connectivity index (χ1v) is 7.35. The molecule has 2 atom stereocenters. The molecule has 2 amide bonds. The van der Waals surface area contributed by atoms with Crippen LogP contribution >= 0.6 is 12.4 Å². The lowest BCUT2D eigenvalue weighted by Crippen LogP contribution is -2.34.